The first-order valence-corrected chi connectivity index (χ1v) is 6.09. The molecule has 1 heterocycles. The van der Waals surface area contributed by atoms with Crippen LogP contribution in [0.3, 0.4) is 0 Å². The Hall–Kier alpha value is -1.36. The summed E-state index contributed by atoms with van der Waals surface area (Å²) in [4.78, 5) is 11.2. The molecule has 17 heavy (non-hydrogen) atoms. The van der Waals surface area contributed by atoms with Crippen molar-refractivity contribution in [2.75, 3.05) is 5.32 Å². The Morgan fingerprint density at radius 2 is 2.41 bits per heavy atom. The van der Waals surface area contributed by atoms with Crippen molar-refractivity contribution in [1.29, 1.82) is 0 Å². The fourth-order valence-electron chi connectivity index (χ4n) is 1.95. The number of primary amides is 1. The van der Waals surface area contributed by atoms with E-state index >= 15 is 0 Å². The van der Waals surface area contributed by atoms with Gasteiger partial charge in [-0.15, -0.1) is 10.2 Å². The van der Waals surface area contributed by atoms with Gasteiger partial charge in [-0.05, 0) is 24.8 Å². The van der Waals surface area contributed by atoms with Gasteiger partial charge in [-0.1, -0.05) is 24.9 Å². The molecule has 1 saturated carbocycles. The molecule has 2 unspecified atom stereocenters. The number of hydrogen-bond donors (Lipinski definition) is 2. The largest absolute Gasteiger partial charge is 0.365 e. The lowest BCUT2D eigenvalue weighted by atomic mass is 10.2. The first kappa shape index (κ1) is 12.1. The topological polar surface area (TPSA) is 80.9 Å². The predicted molar refractivity (Wildman–Crippen MR) is 66.0 cm³/mol. The monoisotopic (exact) mass is 254 g/mol. The van der Waals surface area contributed by atoms with Crippen molar-refractivity contribution < 1.29 is 4.79 Å². The molecular formula is C11H15ClN4O. The summed E-state index contributed by atoms with van der Waals surface area (Å²) >= 11 is 5.68. The van der Waals surface area contributed by atoms with Crippen LogP contribution in [0.15, 0.2) is 6.07 Å². The third kappa shape index (κ3) is 2.85. The van der Waals surface area contributed by atoms with Gasteiger partial charge in [0.25, 0.3) is 5.91 Å². The SMILES string of the molecule is CCCC1CC1Nc1nnc(Cl)cc1C(N)=O. The molecule has 3 N–H and O–H groups in total. The second kappa shape index (κ2) is 4.87. The molecule has 1 aliphatic carbocycles. The summed E-state index contributed by atoms with van der Waals surface area (Å²) < 4.78 is 0. The van der Waals surface area contributed by atoms with E-state index < -0.39 is 5.91 Å². The molecule has 0 bridgehead atoms. The van der Waals surface area contributed by atoms with E-state index in [1.165, 1.54) is 12.5 Å². The van der Waals surface area contributed by atoms with Crippen LogP contribution in [-0.4, -0.2) is 22.1 Å². The van der Waals surface area contributed by atoms with Crippen LogP contribution in [0.5, 0.6) is 0 Å². The van der Waals surface area contributed by atoms with Gasteiger partial charge >= 0.3 is 0 Å². The zero-order valence-electron chi connectivity index (χ0n) is 9.61. The van der Waals surface area contributed by atoms with Crippen molar-refractivity contribution in [2.24, 2.45) is 11.7 Å². The number of rotatable bonds is 5. The average Bonchev–Trinajstić information content (AvgIpc) is 2.99. The van der Waals surface area contributed by atoms with Crippen molar-refractivity contribution in [1.82, 2.24) is 10.2 Å². The molecule has 5 nitrogen and oxygen atoms in total. The Labute approximate surface area is 105 Å². The Morgan fingerprint density at radius 1 is 1.65 bits per heavy atom. The molecule has 1 aromatic rings. The minimum Gasteiger partial charge on any atom is -0.365 e. The molecule has 2 atom stereocenters. The lowest BCUT2D eigenvalue weighted by molar-refractivity contribution is 0.100. The molecule has 0 aromatic carbocycles. The van der Waals surface area contributed by atoms with Crippen LogP contribution in [0.4, 0.5) is 5.82 Å². The molecule has 1 amide bonds. The van der Waals surface area contributed by atoms with Crippen molar-refractivity contribution in [3.8, 4) is 0 Å². The molecule has 2 rings (SSSR count). The number of halogens is 1. The third-order valence-electron chi connectivity index (χ3n) is 2.93. The van der Waals surface area contributed by atoms with Gasteiger partial charge < -0.3 is 11.1 Å². The van der Waals surface area contributed by atoms with E-state index in [1.54, 1.807) is 0 Å². The number of amides is 1. The number of anilines is 1. The van der Waals surface area contributed by atoms with Gasteiger partial charge in [-0.3, -0.25) is 4.79 Å². The standard InChI is InChI=1S/C11H15ClN4O/c1-2-3-6-4-8(6)14-11-7(10(13)17)5-9(12)15-16-11/h5-6,8H,2-4H2,1H3,(H2,13,17)(H,14,16). The van der Waals surface area contributed by atoms with Crippen molar-refractivity contribution in [3.05, 3.63) is 16.8 Å². The first-order chi connectivity index (χ1) is 8.11. The van der Waals surface area contributed by atoms with Crippen LogP contribution < -0.4 is 11.1 Å². The molecular weight excluding hydrogens is 240 g/mol. The summed E-state index contributed by atoms with van der Waals surface area (Å²) in [5, 5.41) is 11.0. The zero-order chi connectivity index (χ0) is 12.4. The van der Waals surface area contributed by atoms with Gasteiger partial charge in [0.2, 0.25) is 0 Å². The highest BCUT2D eigenvalue weighted by atomic mass is 35.5. The van der Waals surface area contributed by atoms with Gasteiger partial charge in [0.1, 0.15) is 0 Å². The van der Waals surface area contributed by atoms with Crippen LogP contribution in [0, 0.1) is 5.92 Å². The summed E-state index contributed by atoms with van der Waals surface area (Å²) in [6, 6.07) is 1.82. The quantitative estimate of drug-likeness (QED) is 0.840. The van der Waals surface area contributed by atoms with E-state index in [2.05, 4.69) is 22.4 Å². The highest BCUT2D eigenvalue weighted by molar-refractivity contribution is 6.29. The van der Waals surface area contributed by atoms with Crippen molar-refractivity contribution >= 4 is 23.3 Å². The normalized spacial score (nSPS) is 22.2. The Morgan fingerprint density at radius 3 is 3.06 bits per heavy atom. The van der Waals surface area contributed by atoms with Crippen LogP contribution in [-0.2, 0) is 0 Å². The predicted octanol–water partition coefficient (Wildman–Crippen LogP) is 1.83. The van der Waals surface area contributed by atoms with E-state index in [0.29, 0.717) is 23.3 Å². The van der Waals surface area contributed by atoms with E-state index in [4.69, 9.17) is 17.3 Å². The second-order valence-corrected chi connectivity index (χ2v) is 4.72. The molecule has 0 saturated heterocycles. The van der Waals surface area contributed by atoms with Crippen molar-refractivity contribution in [2.45, 2.75) is 32.2 Å². The first-order valence-electron chi connectivity index (χ1n) is 5.71. The number of aromatic nitrogens is 2. The maximum Gasteiger partial charge on any atom is 0.252 e. The van der Waals surface area contributed by atoms with Gasteiger partial charge in [0.05, 0.1) is 5.56 Å². The fourth-order valence-corrected chi connectivity index (χ4v) is 2.10. The lowest BCUT2D eigenvalue weighted by Gasteiger charge is -2.07. The summed E-state index contributed by atoms with van der Waals surface area (Å²) in [5.41, 5.74) is 5.57. The molecule has 1 aliphatic rings. The minimum absolute atomic E-state index is 0.172. The molecule has 92 valence electrons. The molecule has 0 radical (unpaired) electrons. The van der Waals surface area contributed by atoms with Crippen LogP contribution in [0.1, 0.15) is 36.5 Å². The maximum atomic E-state index is 11.2. The van der Waals surface area contributed by atoms with E-state index in [0.717, 1.165) is 12.8 Å². The summed E-state index contributed by atoms with van der Waals surface area (Å²) in [7, 11) is 0. The number of carbonyl (C=O) groups is 1. The third-order valence-corrected chi connectivity index (χ3v) is 3.12. The molecule has 6 heteroatoms. The van der Waals surface area contributed by atoms with Crippen LogP contribution in [0.2, 0.25) is 5.15 Å². The highest BCUT2D eigenvalue weighted by Gasteiger charge is 2.36. The highest BCUT2D eigenvalue weighted by Crippen LogP contribution is 2.37. The number of carbonyl (C=O) groups excluding carboxylic acids is 1. The molecule has 0 spiro atoms. The summed E-state index contributed by atoms with van der Waals surface area (Å²) in [5.74, 6) is 0.556. The molecule has 1 aromatic heterocycles. The van der Waals surface area contributed by atoms with Gasteiger partial charge in [0.15, 0.2) is 11.0 Å². The van der Waals surface area contributed by atoms with E-state index in [9.17, 15) is 4.79 Å². The summed E-state index contributed by atoms with van der Waals surface area (Å²) in [6.07, 6.45) is 3.46. The van der Waals surface area contributed by atoms with Gasteiger partial charge in [-0.2, -0.15) is 0 Å². The number of nitrogens with zero attached hydrogens (tertiary/aromatic N) is 2. The lowest BCUT2D eigenvalue weighted by Crippen LogP contribution is -2.17. The summed E-state index contributed by atoms with van der Waals surface area (Å²) in [6.45, 7) is 2.16. The number of nitrogens with one attached hydrogen (secondary N) is 1. The minimum atomic E-state index is -0.544. The zero-order valence-corrected chi connectivity index (χ0v) is 10.4. The maximum absolute atomic E-state index is 11.2. The van der Waals surface area contributed by atoms with E-state index in [-0.39, 0.29) is 5.15 Å². The Balaban J connectivity index is 2.08. The van der Waals surface area contributed by atoms with Crippen molar-refractivity contribution in [3.63, 3.8) is 0 Å². The smallest absolute Gasteiger partial charge is 0.252 e. The second-order valence-electron chi connectivity index (χ2n) is 4.33. The number of nitrogens with two attached hydrogens (primary N) is 1. The molecule has 0 aliphatic heterocycles. The van der Waals surface area contributed by atoms with E-state index in [1.807, 2.05) is 0 Å². The Kier molecular flexibility index (Phi) is 3.47. The van der Waals surface area contributed by atoms with Crippen LogP contribution in [0.25, 0.3) is 0 Å². The molecule has 1 fully saturated rings. The Bertz CT molecular complexity index is 437. The van der Waals surface area contributed by atoms with Gasteiger partial charge in [-0.25, -0.2) is 0 Å². The fraction of sp³-hybridized carbons (Fsp3) is 0.545. The van der Waals surface area contributed by atoms with Gasteiger partial charge in [0, 0.05) is 6.04 Å². The average molecular weight is 255 g/mol. The van der Waals surface area contributed by atoms with Crippen LogP contribution >= 0.6 is 11.6 Å². The number of hydrogen-bond acceptors (Lipinski definition) is 4.